The Balaban J connectivity index is 2.24. The van der Waals surface area contributed by atoms with Crippen molar-refractivity contribution < 1.29 is 9.90 Å². The predicted molar refractivity (Wildman–Crippen MR) is 40.4 cm³/mol. The molecule has 1 N–H and O–H groups in total. The van der Waals surface area contributed by atoms with Crippen LogP contribution in [0.1, 0.15) is 12.8 Å². The molecule has 2 bridgehead atoms. The topological polar surface area (TPSA) is 40.5 Å². The summed E-state index contributed by atoms with van der Waals surface area (Å²) >= 11 is 0. The monoisotopic (exact) mass is 153 g/mol. The van der Waals surface area contributed by atoms with E-state index in [1.807, 2.05) is 0 Å². The standard InChI is InChI=1S/C8H11NO2/c1-2-8-3-6(4-8)5-9(8)7(10)11/h2,6H,1,3-5H2,(H,10,11). The fraction of sp³-hybridized carbons (Fsp3) is 0.625. The second-order valence-electron chi connectivity index (χ2n) is 3.48. The first-order valence-electron chi connectivity index (χ1n) is 3.82. The average Bonchev–Trinajstić information content (AvgIpc) is 2.37. The zero-order chi connectivity index (χ0) is 8.06. The van der Waals surface area contributed by atoms with Crippen LogP contribution in [-0.2, 0) is 0 Å². The summed E-state index contributed by atoms with van der Waals surface area (Å²) in [5.74, 6) is 0.601. The summed E-state index contributed by atoms with van der Waals surface area (Å²) < 4.78 is 0. The Hall–Kier alpha value is -0.990. The number of carboxylic acid groups (broad SMARTS) is 1. The largest absolute Gasteiger partial charge is 0.465 e. The van der Waals surface area contributed by atoms with E-state index in [0.29, 0.717) is 12.5 Å². The maximum absolute atomic E-state index is 10.7. The summed E-state index contributed by atoms with van der Waals surface area (Å²) in [7, 11) is 0. The van der Waals surface area contributed by atoms with Gasteiger partial charge in [0, 0.05) is 6.54 Å². The first-order valence-corrected chi connectivity index (χ1v) is 3.82. The molecule has 0 radical (unpaired) electrons. The minimum absolute atomic E-state index is 0.184. The van der Waals surface area contributed by atoms with Crippen LogP contribution in [0.2, 0.25) is 0 Å². The molecule has 0 spiro atoms. The SMILES string of the molecule is C=CC12CC(CN1C(=O)O)C2. The molecule has 2 heterocycles. The Kier molecular flexibility index (Phi) is 1.09. The van der Waals surface area contributed by atoms with Gasteiger partial charge in [-0.25, -0.2) is 4.79 Å². The van der Waals surface area contributed by atoms with Crippen molar-refractivity contribution in [1.82, 2.24) is 4.90 Å². The average molecular weight is 153 g/mol. The number of nitrogens with zero attached hydrogens (tertiary/aromatic N) is 1. The lowest BCUT2D eigenvalue weighted by Gasteiger charge is -2.37. The fourth-order valence-electron chi connectivity index (χ4n) is 2.27. The zero-order valence-corrected chi connectivity index (χ0v) is 6.29. The number of hydrogen-bond acceptors (Lipinski definition) is 1. The Labute approximate surface area is 65.3 Å². The van der Waals surface area contributed by atoms with E-state index in [2.05, 4.69) is 6.58 Å². The van der Waals surface area contributed by atoms with Gasteiger partial charge >= 0.3 is 6.09 Å². The van der Waals surface area contributed by atoms with Crippen LogP contribution in [0.4, 0.5) is 4.79 Å². The molecule has 0 unspecified atom stereocenters. The van der Waals surface area contributed by atoms with Gasteiger partial charge in [0.2, 0.25) is 0 Å². The van der Waals surface area contributed by atoms with Gasteiger partial charge in [0.05, 0.1) is 5.54 Å². The highest BCUT2D eigenvalue weighted by Gasteiger charge is 2.56. The van der Waals surface area contributed by atoms with E-state index in [0.717, 1.165) is 12.8 Å². The molecule has 2 saturated heterocycles. The van der Waals surface area contributed by atoms with Crippen LogP contribution in [0.5, 0.6) is 0 Å². The van der Waals surface area contributed by atoms with Gasteiger partial charge in [-0.15, -0.1) is 6.58 Å². The van der Waals surface area contributed by atoms with Crippen molar-refractivity contribution in [3.05, 3.63) is 12.7 Å². The van der Waals surface area contributed by atoms with Gasteiger partial charge in [0.1, 0.15) is 0 Å². The van der Waals surface area contributed by atoms with E-state index >= 15 is 0 Å². The summed E-state index contributed by atoms with van der Waals surface area (Å²) in [6.45, 7) is 4.39. The van der Waals surface area contributed by atoms with Crippen LogP contribution in [0, 0.1) is 5.92 Å². The normalized spacial score (nSPS) is 40.0. The van der Waals surface area contributed by atoms with Crippen LogP contribution in [0.3, 0.4) is 0 Å². The molecule has 3 rings (SSSR count). The third-order valence-electron chi connectivity index (χ3n) is 2.87. The second-order valence-corrected chi connectivity index (χ2v) is 3.48. The van der Waals surface area contributed by atoms with Crippen molar-refractivity contribution in [3.8, 4) is 0 Å². The van der Waals surface area contributed by atoms with Crippen molar-refractivity contribution in [1.29, 1.82) is 0 Å². The molecule has 2 aliphatic heterocycles. The minimum atomic E-state index is -0.801. The molecule has 3 aliphatic rings. The first-order chi connectivity index (χ1) is 5.18. The van der Waals surface area contributed by atoms with Gasteiger partial charge in [-0.3, -0.25) is 4.90 Å². The Bertz CT molecular complexity index is 218. The van der Waals surface area contributed by atoms with Crippen molar-refractivity contribution >= 4 is 6.09 Å². The highest BCUT2D eigenvalue weighted by Crippen LogP contribution is 2.50. The van der Waals surface area contributed by atoms with Crippen molar-refractivity contribution in [2.45, 2.75) is 18.4 Å². The maximum atomic E-state index is 10.7. The van der Waals surface area contributed by atoms with E-state index in [4.69, 9.17) is 5.11 Å². The van der Waals surface area contributed by atoms with Crippen LogP contribution < -0.4 is 0 Å². The summed E-state index contributed by atoms with van der Waals surface area (Å²) in [6, 6.07) is 0. The van der Waals surface area contributed by atoms with Crippen LogP contribution in [-0.4, -0.2) is 28.2 Å². The summed E-state index contributed by atoms with van der Waals surface area (Å²) in [5, 5.41) is 8.78. The Morgan fingerprint density at radius 1 is 1.73 bits per heavy atom. The number of fused-ring (bicyclic) bond motifs is 1. The van der Waals surface area contributed by atoms with E-state index in [1.54, 1.807) is 6.08 Å². The molecular weight excluding hydrogens is 142 g/mol. The van der Waals surface area contributed by atoms with Gasteiger partial charge in [-0.2, -0.15) is 0 Å². The smallest absolute Gasteiger partial charge is 0.408 e. The molecule has 11 heavy (non-hydrogen) atoms. The number of amides is 1. The van der Waals surface area contributed by atoms with Crippen LogP contribution >= 0.6 is 0 Å². The highest BCUT2D eigenvalue weighted by molar-refractivity contribution is 5.68. The highest BCUT2D eigenvalue weighted by atomic mass is 16.4. The molecule has 1 amide bonds. The summed E-state index contributed by atoms with van der Waals surface area (Å²) in [6.07, 6.45) is 2.96. The van der Waals surface area contributed by atoms with E-state index in [-0.39, 0.29) is 5.54 Å². The number of hydrogen-bond donors (Lipinski definition) is 1. The molecule has 60 valence electrons. The van der Waals surface area contributed by atoms with Gasteiger partial charge in [0.15, 0.2) is 0 Å². The van der Waals surface area contributed by atoms with E-state index < -0.39 is 6.09 Å². The molecule has 3 fully saturated rings. The Morgan fingerprint density at radius 3 is 2.73 bits per heavy atom. The summed E-state index contributed by atoms with van der Waals surface area (Å²) in [4.78, 5) is 12.2. The van der Waals surface area contributed by atoms with Gasteiger partial charge in [-0.1, -0.05) is 6.08 Å². The molecular formula is C8H11NO2. The van der Waals surface area contributed by atoms with E-state index in [1.165, 1.54) is 4.90 Å². The predicted octanol–water partition coefficient (Wildman–Crippen LogP) is 1.31. The lowest BCUT2D eigenvalue weighted by atomic mass is 9.73. The first kappa shape index (κ1) is 6.70. The molecule has 0 atom stereocenters. The molecule has 0 aromatic rings. The van der Waals surface area contributed by atoms with Gasteiger partial charge < -0.3 is 5.11 Å². The Morgan fingerprint density at radius 2 is 2.36 bits per heavy atom. The van der Waals surface area contributed by atoms with Gasteiger partial charge in [0.25, 0.3) is 0 Å². The molecule has 3 nitrogen and oxygen atoms in total. The van der Waals surface area contributed by atoms with Crippen molar-refractivity contribution in [3.63, 3.8) is 0 Å². The number of carbonyl (C=O) groups is 1. The van der Waals surface area contributed by atoms with Gasteiger partial charge in [-0.05, 0) is 18.8 Å². The fourth-order valence-corrected chi connectivity index (χ4v) is 2.27. The molecule has 0 aromatic heterocycles. The third kappa shape index (κ3) is 0.654. The van der Waals surface area contributed by atoms with E-state index in [9.17, 15) is 4.79 Å². The molecule has 1 aliphatic carbocycles. The lowest BCUT2D eigenvalue weighted by molar-refractivity contribution is 0.117. The van der Waals surface area contributed by atoms with Crippen molar-refractivity contribution in [2.75, 3.05) is 6.54 Å². The number of rotatable bonds is 1. The molecule has 3 heteroatoms. The second kappa shape index (κ2) is 1.78. The molecule has 1 saturated carbocycles. The minimum Gasteiger partial charge on any atom is -0.465 e. The molecule has 0 aromatic carbocycles. The lowest BCUT2D eigenvalue weighted by Crippen LogP contribution is -2.45. The third-order valence-corrected chi connectivity index (χ3v) is 2.87. The summed E-state index contributed by atoms with van der Waals surface area (Å²) in [5.41, 5.74) is -0.184. The zero-order valence-electron chi connectivity index (χ0n) is 6.29. The maximum Gasteiger partial charge on any atom is 0.408 e. The van der Waals surface area contributed by atoms with Crippen LogP contribution in [0.25, 0.3) is 0 Å². The van der Waals surface area contributed by atoms with Crippen LogP contribution in [0.15, 0.2) is 12.7 Å². The van der Waals surface area contributed by atoms with Crippen molar-refractivity contribution in [2.24, 2.45) is 5.92 Å². The quantitative estimate of drug-likeness (QED) is 0.577.